The lowest BCUT2D eigenvalue weighted by molar-refractivity contribution is -0.139. The molecule has 0 aromatic heterocycles. The molecular weight excluding hydrogens is 364 g/mol. The van der Waals surface area contributed by atoms with Gasteiger partial charge in [0.25, 0.3) is 0 Å². The number of carboxylic acid groups (broad SMARTS) is 1. The number of carboxylic acids is 1. The minimum Gasteiger partial charge on any atom is -0.480 e. The van der Waals surface area contributed by atoms with Gasteiger partial charge in [-0.3, -0.25) is 9.69 Å². The third-order valence-electron chi connectivity index (χ3n) is 4.50. The van der Waals surface area contributed by atoms with E-state index in [4.69, 9.17) is 14.6 Å². The third-order valence-corrected chi connectivity index (χ3v) is 5.24. The number of benzene rings is 1. The first-order chi connectivity index (χ1) is 11.1. The first kappa shape index (κ1) is 16.5. The molecule has 3 rings (SSSR count). The van der Waals surface area contributed by atoms with Crippen molar-refractivity contribution in [3.8, 4) is 11.5 Å². The van der Waals surface area contributed by atoms with E-state index in [2.05, 4.69) is 21.2 Å². The van der Waals surface area contributed by atoms with Crippen LogP contribution in [0.25, 0.3) is 0 Å². The normalized spacial score (nSPS) is 22.2. The topological polar surface area (TPSA) is 71.0 Å². The SMILES string of the molecule is CCN(CC(=O)O)C1CC(NCc2cc3c(cc2Br)OCO3)C1. The zero-order valence-corrected chi connectivity index (χ0v) is 14.6. The van der Waals surface area contributed by atoms with Crippen molar-refractivity contribution < 1.29 is 19.4 Å². The summed E-state index contributed by atoms with van der Waals surface area (Å²) in [5, 5.41) is 12.5. The van der Waals surface area contributed by atoms with Crippen molar-refractivity contribution in [2.45, 2.75) is 38.4 Å². The summed E-state index contributed by atoms with van der Waals surface area (Å²) in [6.07, 6.45) is 1.98. The van der Waals surface area contributed by atoms with Crippen LogP contribution in [0.1, 0.15) is 25.3 Å². The second-order valence-corrected chi connectivity index (χ2v) is 6.81. The average molecular weight is 385 g/mol. The Kier molecular flexibility index (Phi) is 5.08. The second-order valence-electron chi connectivity index (χ2n) is 5.96. The Morgan fingerprint density at radius 3 is 2.74 bits per heavy atom. The number of nitrogens with zero attached hydrogens (tertiary/aromatic N) is 1. The van der Waals surface area contributed by atoms with Gasteiger partial charge in [-0.2, -0.15) is 0 Å². The highest BCUT2D eigenvalue weighted by Crippen LogP contribution is 2.37. The minimum atomic E-state index is -0.757. The van der Waals surface area contributed by atoms with Crippen LogP contribution in [0, 0.1) is 0 Å². The molecular formula is C16H21BrN2O4. The Balaban J connectivity index is 1.49. The van der Waals surface area contributed by atoms with Gasteiger partial charge >= 0.3 is 5.97 Å². The second kappa shape index (κ2) is 7.07. The molecule has 7 heteroatoms. The van der Waals surface area contributed by atoms with Crippen LogP contribution in [-0.4, -0.2) is 47.9 Å². The van der Waals surface area contributed by atoms with Crippen LogP contribution in [0.5, 0.6) is 11.5 Å². The van der Waals surface area contributed by atoms with Crippen LogP contribution in [0.3, 0.4) is 0 Å². The predicted molar refractivity (Wildman–Crippen MR) is 88.8 cm³/mol. The molecule has 1 saturated carbocycles. The van der Waals surface area contributed by atoms with Crippen molar-refractivity contribution in [1.82, 2.24) is 10.2 Å². The highest BCUT2D eigenvalue weighted by Gasteiger charge is 2.33. The molecule has 2 aliphatic rings. The molecule has 0 spiro atoms. The number of hydrogen-bond acceptors (Lipinski definition) is 5. The molecule has 0 radical (unpaired) electrons. The fraction of sp³-hybridized carbons (Fsp3) is 0.562. The molecule has 1 aliphatic heterocycles. The van der Waals surface area contributed by atoms with Crippen LogP contribution < -0.4 is 14.8 Å². The fourth-order valence-corrected chi connectivity index (χ4v) is 3.54. The highest BCUT2D eigenvalue weighted by molar-refractivity contribution is 9.10. The largest absolute Gasteiger partial charge is 0.480 e. The Labute approximate surface area is 143 Å². The number of ether oxygens (including phenoxy) is 2. The van der Waals surface area contributed by atoms with Crippen LogP contribution in [0.2, 0.25) is 0 Å². The van der Waals surface area contributed by atoms with Crippen LogP contribution in [0.15, 0.2) is 16.6 Å². The summed E-state index contributed by atoms with van der Waals surface area (Å²) < 4.78 is 11.8. The number of carbonyl (C=O) groups is 1. The van der Waals surface area contributed by atoms with Gasteiger partial charge in [0.2, 0.25) is 6.79 Å². The van der Waals surface area contributed by atoms with Gasteiger partial charge in [-0.1, -0.05) is 22.9 Å². The summed E-state index contributed by atoms with van der Waals surface area (Å²) in [7, 11) is 0. The monoisotopic (exact) mass is 384 g/mol. The molecule has 2 N–H and O–H groups in total. The molecule has 23 heavy (non-hydrogen) atoms. The predicted octanol–water partition coefficient (Wildman–Crippen LogP) is 2.20. The Morgan fingerprint density at radius 2 is 2.09 bits per heavy atom. The number of hydrogen-bond donors (Lipinski definition) is 2. The van der Waals surface area contributed by atoms with E-state index in [1.165, 1.54) is 0 Å². The fourth-order valence-electron chi connectivity index (χ4n) is 3.07. The molecule has 0 unspecified atom stereocenters. The number of fused-ring (bicyclic) bond motifs is 1. The smallest absolute Gasteiger partial charge is 0.317 e. The average Bonchev–Trinajstić information content (AvgIpc) is 2.90. The first-order valence-electron chi connectivity index (χ1n) is 7.84. The van der Waals surface area contributed by atoms with Crippen molar-refractivity contribution in [3.63, 3.8) is 0 Å². The molecule has 6 nitrogen and oxygen atoms in total. The lowest BCUT2D eigenvalue weighted by Gasteiger charge is -2.42. The summed E-state index contributed by atoms with van der Waals surface area (Å²) in [6, 6.07) is 4.74. The lowest BCUT2D eigenvalue weighted by Crippen LogP contribution is -2.53. The van der Waals surface area contributed by atoms with Crippen LogP contribution >= 0.6 is 15.9 Å². The van der Waals surface area contributed by atoms with Crippen LogP contribution in [0.4, 0.5) is 0 Å². The van der Waals surface area contributed by atoms with Crippen molar-refractivity contribution in [2.24, 2.45) is 0 Å². The maximum atomic E-state index is 10.9. The van der Waals surface area contributed by atoms with E-state index >= 15 is 0 Å². The van der Waals surface area contributed by atoms with E-state index in [0.717, 1.165) is 47.5 Å². The molecule has 1 aromatic carbocycles. The van der Waals surface area contributed by atoms with Crippen LogP contribution in [-0.2, 0) is 11.3 Å². The Bertz CT molecular complexity index is 590. The molecule has 0 saturated heterocycles. The van der Waals surface area contributed by atoms with Gasteiger partial charge in [-0.15, -0.1) is 0 Å². The quantitative estimate of drug-likeness (QED) is 0.750. The molecule has 1 fully saturated rings. The summed E-state index contributed by atoms with van der Waals surface area (Å²) in [4.78, 5) is 12.9. The zero-order valence-electron chi connectivity index (χ0n) is 13.0. The van der Waals surface area contributed by atoms with Gasteiger partial charge in [0.15, 0.2) is 11.5 Å². The van der Waals surface area contributed by atoms with Gasteiger partial charge in [-0.05, 0) is 37.1 Å². The first-order valence-corrected chi connectivity index (χ1v) is 8.63. The van der Waals surface area contributed by atoms with E-state index in [1.807, 2.05) is 24.0 Å². The molecule has 0 atom stereocenters. The van der Waals surface area contributed by atoms with E-state index in [1.54, 1.807) is 0 Å². The lowest BCUT2D eigenvalue weighted by atomic mass is 9.85. The van der Waals surface area contributed by atoms with Gasteiger partial charge in [0.1, 0.15) is 0 Å². The van der Waals surface area contributed by atoms with E-state index < -0.39 is 5.97 Å². The number of halogens is 1. The molecule has 1 aromatic rings. The maximum absolute atomic E-state index is 10.9. The number of nitrogens with one attached hydrogen (secondary N) is 1. The van der Waals surface area contributed by atoms with Crippen molar-refractivity contribution in [1.29, 1.82) is 0 Å². The van der Waals surface area contributed by atoms with Gasteiger partial charge in [0, 0.05) is 23.1 Å². The number of likely N-dealkylation sites (N-methyl/N-ethyl adjacent to an activating group) is 1. The molecule has 126 valence electrons. The van der Waals surface area contributed by atoms with Crippen molar-refractivity contribution in [2.75, 3.05) is 19.9 Å². The maximum Gasteiger partial charge on any atom is 0.317 e. The minimum absolute atomic E-state index is 0.127. The molecule has 1 aliphatic carbocycles. The van der Waals surface area contributed by atoms with E-state index in [9.17, 15) is 4.79 Å². The molecule has 0 bridgehead atoms. The summed E-state index contributed by atoms with van der Waals surface area (Å²) in [6.45, 7) is 3.94. The summed E-state index contributed by atoms with van der Waals surface area (Å²) >= 11 is 3.56. The van der Waals surface area contributed by atoms with E-state index in [0.29, 0.717) is 12.1 Å². The Hall–Kier alpha value is -1.31. The van der Waals surface area contributed by atoms with Crippen molar-refractivity contribution in [3.05, 3.63) is 22.2 Å². The highest BCUT2D eigenvalue weighted by atomic mass is 79.9. The third kappa shape index (κ3) is 3.79. The van der Waals surface area contributed by atoms with Gasteiger partial charge in [-0.25, -0.2) is 0 Å². The van der Waals surface area contributed by atoms with E-state index in [-0.39, 0.29) is 13.3 Å². The molecule has 0 amide bonds. The summed E-state index contributed by atoms with van der Waals surface area (Å²) in [5.74, 6) is 0.805. The zero-order chi connectivity index (χ0) is 16.4. The molecule has 1 heterocycles. The summed E-state index contributed by atoms with van der Waals surface area (Å²) in [5.41, 5.74) is 1.13. The standard InChI is InChI=1S/C16H21BrN2O4/c1-2-19(8-16(20)21)12-4-11(5-12)18-7-10-3-14-15(6-13(10)17)23-9-22-14/h3,6,11-12,18H,2,4-5,7-9H2,1H3,(H,20,21). The van der Waals surface area contributed by atoms with Gasteiger partial charge in [0.05, 0.1) is 6.54 Å². The van der Waals surface area contributed by atoms with Gasteiger partial charge < -0.3 is 19.9 Å². The van der Waals surface area contributed by atoms with Crippen molar-refractivity contribution >= 4 is 21.9 Å². The number of rotatable bonds is 7. The number of aliphatic carboxylic acids is 1. The Morgan fingerprint density at radius 1 is 1.39 bits per heavy atom.